The molecule has 0 spiro atoms. The zero-order chi connectivity index (χ0) is 18.2. The minimum absolute atomic E-state index is 0. The molecule has 1 aliphatic heterocycles. The summed E-state index contributed by atoms with van der Waals surface area (Å²) >= 11 is 0. The van der Waals surface area contributed by atoms with E-state index in [4.69, 9.17) is 9.47 Å². The lowest BCUT2D eigenvalue weighted by molar-refractivity contribution is 0.157. The summed E-state index contributed by atoms with van der Waals surface area (Å²) < 4.78 is 11.1. The van der Waals surface area contributed by atoms with Crippen molar-refractivity contribution in [2.75, 3.05) is 33.9 Å². The van der Waals surface area contributed by atoms with Gasteiger partial charge in [-0.2, -0.15) is 0 Å². The minimum atomic E-state index is 0. The molecule has 5 nitrogen and oxygen atoms in total. The lowest BCUT2D eigenvalue weighted by atomic mass is 10.1. The maximum absolute atomic E-state index is 5.83. The van der Waals surface area contributed by atoms with Crippen LogP contribution in [-0.4, -0.2) is 44.7 Å². The Morgan fingerprint density at radius 2 is 1.81 bits per heavy atom. The van der Waals surface area contributed by atoms with Crippen molar-refractivity contribution in [3.8, 4) is 11.5 Å². The van der Waals surface area contributed by atoms with Gasteiger partial charge in [0.2, 0.25) is 0 Å². The molecule has 6 heteroatoms. The van der Waals surface area contributed by atoms with Gasteiger partial charge >= 0.3 is 0 Å². The predicted octanol–water partition coefficient (Wildman–Crippen LogP) is 4.14. The van der Waals surface area contributed by atoms with Crippen LogP contribution in [0.15, 0.2) is 59.6 Å². The molecule has 27 heavy (non-hydrogen) atoms. The lowest BCUT2D eigenvalue weighted by Crippen LogP contribution is -2.39. The smallest absolute Gasteiger partial charge is 0.193 e. The highest BCUT2D eigenvalue weighted by Gasteiger charge is 2.24. The molecule has 0 saturated carbocycles. The number of nitrogens with zero attached hydrogens (tertiary/aromatic N) is 2. The molecule has 1 N–H and O–H groups in total. The summed E-state index contributed by atoms with van der Waals surface area (Å²) in [6.45, 7) is 3.58. The van der Waals surface area contributed by atoms with Crippen LogP contribution in [-0.2, 0) is 11.3 Å². The lowest BCUT2D eigenvalue weighted by Gasteiger charge is -2.21. The number of nitrogens with one attached hydrogen (secondary N) is 1. The Bertz CT molecular complexity index is 707. The number of hydrogen-bond donors (Lipinski definition) is 1. The molecule has 3 rings (SSSR count). The average Bonchev–Trinajstić information content (AvgIpc) is 3.13. The van der Waals surface area contributed by atoms with Gasteiger partial charge in [-0.05, 0) is 36.2 Å². The molecule has 1 unspecified atom stereocenters. The largest absolute Gasteiger partial charge is 0.457 e. The van der Waals surface area contributed by atoms with Crippen LogP contribution in [0.5, 0.6) is 11.5 Å². The average molecular weight is 481 g/mol. The third kappa shape index (κ3) is 6.39. The van der Waals surface area contributed by atoms with Gasteiger partial charge in [0.05, 0.1) is 6.61 Å². The number of aliphatic imine (C=N–C) groups is 1. The summed E-state index contributed by atoms with van der Waals surface area (Å²) in [4.78, 5) is 6.72. The summed E-state index contributed by atoms with van der Waals surface area (Å²) in [6, 6.07) is 18.0. The second-order valence-corrected chi connectivity index (χ2v) is 6.52. The van der Waals surface area contributed by atoms with Crippen LogP contribution in [0.2, 0.25) is 0 Å². The van der Waals surface area contributed by atoms with E-state index in [9.17, 15) is 0 Å². The van der Waals surface area contributed by atoms with E-state index in [2.05, 4.69) is 27.3 Å². The molecular weight excluding hydrogens is 453 g/mol. The summed E-state index contributed by atoms with van der Waals surface area (Å²) in [5.41, 5.74) is 1.19. The van der Waals surface area contributed by atoms with Gasteiger partial charge in [0, 0.05) is 39.7 Å². The third-order valence-electron chi connectivity index (χ3n) is 4.55. The van der Waals surface area contributed by atoms with Gasteiger partial charge in [-0.1, -0.05) is 30.3 Å². The summed E-state index contributed by atoms with van der Waals surface area (Å²) in [7, 11) is 3.60. The second kappa shape index (κ2) is 11.1. The van der Waals surface area contributed by atoms with E-state index < -0.39 is 0 Å². The SMILES string of the molecule is CN=C(NCc1ccc(Oc2ccccc2)cc1)N1CCC(COC)C1.I. The Morgan fingerprint density at radius 3 is 2.48 bits per heavy atom. The van der Waals surface area contributed by atoms with Crippen LogP contribution in [0.25, 0.3) is 0 Å². The van der Waals surface area contributed by atoms with Crippen molar-refractivity contribution in [1.29, 1.82) is 0 Å². The number of rotatable bonds is 6. The zero-order valence-electron chi connectivity index (χ0n) is 15.9. The van der Waals surface area contributed by atoms with Gasteiger partial charge in [0.15, 0.2) is 5.96 Å². The van der Waals surface area contributed by atoms with Crippen molar-refractivity contribution in [1.82, 2.24) is 10.2 Å². The quantitative estimate of drug-likeness (QED) is 0.383. The molecular formula is C21H28IN3O2. The summed E-state index contributed by atoms with van der Waals surface area (Å²) in [6.07, 6.45) is 1.15. The molecule has 0 amide bonds. The Morgan fingerprint density at radius 1 is 1.11 bits per heavy atom. The Labute approximate surface area is 178 Å². The number of hydrogen-bond acceptors (Lipinski definition) is 3. The van der Waals surface area contributed by atoms with Crippen LogP contribution >= 0.6 is 24.0 Å². The number of likely N-dealkylation sites (tertiary alicyclic amines) is 1. The topological polar surface area (TPSA) is 46.1 Å². The fourth-order valence-electron chi connectivity index (χ4n) is 3.21. The number of para-hydroxylation sites is 1. The van der Waals surface area contributed by atoms with Gasteiger partial charge < -0.3 is 19.7 Å². The van der Waals surface area contributed by atoms with E-state index in [1.54, 1.807) is 7.11 Å². The number of halogens is 1. The zero-order valence-corrected chi connectivity index (χ0v) is 18.3. The van der Waals surface area contributed by atoms with Crippen molar-refractivity contribution >= 4 is 29.9 Å². The van der Waals surface area contributed by atoms with Crippen LogP contribution in [0.4, 0.5) is 0 Å². The number of benzene rings is 2. The van der Waals surface area contributed by atoms with E-state index in [1.165, 1.54) is 5.56 Å². The van der Waals surface area contributed by atoms with Crippen molar-refractivity contribution in [3.05, 3.63) is 60.2 Å². The highest BCUT2D eigenvalue weighted by molar-refractivity contribution is 14.0. The molecule has 2 aromatic rings. The van der Waals surface area contributed by atoms with E-state index >= 15 is 0 Å². The summed E-state index contributed by atoms with van der Waals surface area (Å²) in [5.74, 6) is 3.23. The molecule has 0 aromatic heterocycles. The number of guanidine groups is 1. The fraction of sp³-hybridized carbons (Fsp3) is 0.381. The molecule has 0 aliphatic carbocycles. The molecule has 1 aliphatic rings. The highest BCUT2D eigenvalue weighted by Crippen LogP contribution is 2.21. The maximum Gasteiger partial charge on any atom is 0.193 e. The van der Waals surface area contributed by atoms with Crippen molar-refractivity contribution in [3.63, 3.8) is 0 Å². The highest BCUT2D eigenvalue weighted by atomic mass is 127. The van der Waals surface area contributed by atoms with Gasteiger partial charge in [-0.25, -0.2) is 0 Å². The van der Waals surface area contributed by atoms with Gasteiger partial charge in [0.25, 0.3) is 0 Å². The monoisotopic (exact) mass is 481 g/mol. The molecule has 1 atom stereocenters. The minimum Gasteiger partial charge on any atom is -0.457 e. The summed E-state index contributed by atoms with van der Waals surface area (Å²) in [5, 5.41) is 3.45. The first-order valence-electron chi connectivity index (χ1n) is 9.05. The third-order valence-corrected chi connectivity index (χ3v) is 4.55. The molecule has 1 heterocycles. The first-order chi connectivity index (χ1) is 12.8. The van der Waals surface area contributed by atoms with Crippen molar-refractivity contribution in [2.24, 2.45) is 10.9 Å². The number of methoxy groups -OCH3 is 1. The molecule has 0 radical (unpaired) electrons. The van der Waals surface area contributed by atoms with Crippen LogP contribution in [0.3, 0.4) is 0 Å². The van der Waals surface area contributed by atoms with Gasteiger partial charge in [-0.15, -0.1) is 24.0 Å². The molecule has 0 bridgehead atoms. The standard InChI is InChI=1S/C21H27N3O2.HI/c1-22-21(24-13-12-18(15-24)16-25-2)23-14-17-8-10-20(11-9-17)26-19-6-4-3-5-7-19;/h3-11,18H,12-16H2,1-2H3,(H,22,23);1H. The van der Waals surface area contributed by atoms with Gasteiger partial charge in [-0.3, -0.25) is 4.99 Å². The second-order valence-electron chi connectivity index (χ2n) is 6.52. The Hall–Kier alpha value is -1.80. The first-order valence-corrected chi connectivity index (χ1v) is 9.05. The van der Waals surface area contributed by atoms with Gasteiger partial charge in [0.1, 0.15) is 11.5 Å². The molecule has 146 valence electrons. The Balaban J connectivity index is 0.00000261. The number of ether oxygens (including phenoxy) is 2. The fourth-order valence-corrected chi connectivity index (χ4v) is 3.21. The van der Waals surface area contributed by atoms with Crippen LogP contribution in [0, 0.1) is 5.92 Å². The van der Waals surface area contributed by atoms with E-state index in [0.717, 1.165) is 50.1 Å². The Kier molecular flexibility index (Phi) is 8.87. The molecule has 1 fully saturated rings. The normalized spacial score (nSPS) is 16.7. The van der Waals surface area contributed by atoms with E-state index in [0.29, 0.717) is 5.92 Å². The van der Waals surface area contributed by atoms with Crippen LogP contribution in [0.1, 0.15) is 12.0 Å². The molecule has 2 aromatic carbocycles. The maximum atomic E-state index is 5.83. The van der Waals surface area contributed by atoms with Crippen LogP contribution < -0.4 is 10.1 Å². The van der Waals surface area contributed by atoms with Crippen molar-refractivity contribution in [2.45, 2.75) is 13.0 Å². The van der Waals surface area contributed by atoms with E-state index in [1.807, 2.05) is 49.5 Å². The van der Waals surface area contributed by atoms with Crippen molar-refractivity contribution < 1.29 is 9.47 Å². The van der Waals surface area contributed by atoms with E-state index in [-0.39, 0.29) is 24.0 Å². The first kappa shape index (κ1) is 21.5. The predicted molar refractivity (Wildman–Crippen MR) is 120 cm³/mol. The molecule has 1 saturated heterocycles.